The predicted molar refractivity (Wildman–Crippen MR) is 92.3 cm³/mol. The molecule has 0 unspecified atom stereocenters. The molecule has 2 aromatic rings. The molecule has 1 atom stereocenters. The van der Waals surface area contributed by atoms with E-state index >= 15 is 0 Å². The maximum absolute atomic E-state index is 12.5. The molecule has 0 bridgehead atoms. The van der Waals surface area contributed by atoms with Crippen molar-refractivity contribution in [2.24, 2.45) is 0 Å². The van der Waals surface area contributed by atoms with Gasteiger partial charge < -0.3 is 14.1 Å². The standard InChI is InChI=1S/C18H24N4O3/c1-13(18-20-19-14(2)25-18)21-7-9-22(10-8-21)17(23)12-15-5-4-6-16(11-15)24-3/h4-6,11,13H,7-10,12H2,1-3H3/t13-/m1/s1. The van der Waals surface area contributed by atoms with Crippen molar-refractivity contribution in [2.75, 3.05) is 33.3 Å². The summed E-state index contributed by atoms with van der Waals surface area (Å²) in [6.45, 7) is 6.86. The van der Waals surface area contributed by atoms with E-state index in [1.54, 1.807) is 14.0 Å². The highest BCUT2D eigenvalue weighted by molar-refractivity contribution is 5.79. The van der Waals surface area contributed by atoms with Crippen molar-refractivity contribution in [3.63, 3.8) is 0 Å². The number of hydrogen-bond donors (Lipinski definition) is 0. The number of carbonyl (C=O) groups excluding carboxylic acids is 1. The highest BCUT2D eigenvalue weighted by Crippen LogP contribution is 2.21. The lowest BCUT2D eigenvalue weighted by Crippen LogP contribution is -2.49. The number of amides is 1. The zero-order valence-corrected chi connectivity index (χ0v) is 14.9. The van der Waals surface area contributed by atoms with Crippen molar-refractivity contribution in [1.29, 1.82) is 0 Å². The van der Waals surface area contributed by atoms with Gasteiger partial charge in [-0.25, -0.2) is 0 Å². The van der Waals surface area contributed by atoms with Crippen molar-refractivity contribution < 1.29 is 13.9 Å². The molecular formula is C18H24N4O3. The van der Waals surface area contributed by atoms with Gasteiger partial charge in [-0.2, -0.15) is 0 Å². The Morgan fingerprint density at radius 1 is 1.28 bits per heavy atom. The highest BCUT2D eigenvalue weighted by Gasteiger charge is 2.27. The van der Waals surface area contributed by atoms with Crippen molar-refractivity contribution in [1.82, 2.24) is 20.0 Å². The number of benzene rings is 1. The molecule has 1 saturated heterocycles. The van der Waals surface area contributed by atoms with E-state index in [9.17, 15) is 4.79 Å². The predicted octanol–water partition coefficient (Wildman–Crippen LogP) is 1.83. The second kappa shape index (κ2) is 7.65. The second-order valence-electron chi connectivity index (χ2n) is 6.28. The van der Waals surface area contributed by atoms with E-state index in [2.05, 4.69) is 22.0 Å². The van der Waals surface area contributed by atoms with Gasteiger partial charge >= 0.3 is 0 Å². The molecule has 3 rings (SSSR count). The van der Waals surface area contributed by atoms with Crippen LogP contribution in [-0.2, 0) is 11.2 Å². The fraction of sp³-hybridized carbons (Fsp3) is 0.500. The van der Waals surface area contributed by atoms with Gasteiger partial charge in [-0.3, -0.25) is 9.69 Å². The summed E-state index contributed by atoms with van der Waals surface area (Å²) in [5.74, 6) is 2.13. The summed E-state index contributed by atoms with van der Waals surface area (Å²) in [7, 11) is 1.63. The van der Waals surface area contributed by atoms with Gasteiger partial charge in [0.25, 0.3) is 0 Å². The minimum absolute atomic E-state index is 0.0665. The van der Waals surface area contributed by atoms with E-state index in [0.717, 1.165) is 24.4 Å². The molecule has 134 valence electrons. The number of hydrogen-bond acceptors (Lipinski definition) is 6. The van der Waals surface area contributed by atoms with Gasteiger partial charge in [0.05, 0.1) is 19.6 Å². The van der Waals surface area contributed by atoms with Gasteiger partial charge in [0.1, 0.15) is 5.75 Å². The summed E-state index contributed by atoms with van der Waals surface area (Å²) < 4.78 is 10.7. The molecule has 1 amide bonds. The topological polar surface area (TPSA) is 71.7 Å². The molecule has 1 fully saturated rings. The number of aromatic nitrogens is 2. The lowest BCUT2D eigenvalue weighted by Gasteiger charge is -2.37. The Balaban J connectivity index is 1.53. The minimum Gasteiger partial charge on any atom is -0.497 e. The Labute approximate surface area is 147 Å². The zero-order valence-electron chi connectivity index (χ0n) is 14.9. The van der Waals surface area contributed by atoms with Gasteiger partial charge in [-0.1, -0.05) is 12.1 Å². The molecule has 0 saturated carbocycles. The summed E-state index contributed by atoms with van der Waals surface area (Å²) >= 11 is 0. The van der Waals surface area contributed by atoms with Crippen molar-refractivity contribution in [3.05, 3.63) is 41.6 Å². The lowest BCUT2D eigenvalue weighted by molar-refractivity contribution is -0.132. The summed E-state index contributed by atoms with van der Waals surface area (Å²) in [6, 6.07) is 7.72. The molecule has 25 heavy (non-hydrogen) atoms. The van der Waals surface area contributed by atoms with E-state index in [0.29, 0.717) is 31.3 Å². The van der Waals surface area contributed by atoms with Crippen molar-refractivity contribution in [3.8, 4) is 5.75 Å². The number of rotatable bonds is 5. The fourth-order valence-corrected chi connectivity index (χ4v) is 3.06. The maximum atomic E-state index is 12.5. The highest BCUT2D eigenvalue weighted by atomic mass is 16.5. The molecule has 0 aliphatic carbocycles. The van der Waals surface area contributed by atoms with Crippen LogP contribution in [0.2, 0.25) is 0 Å². The van der Waals surface area contributed by atoms with Crippen LogP contribution in [0, 0.1) is 6.92 Å². The number of nitrogens with zero attached hydrogens (tertiary/aromatic N) is 4. The largest absolute Gasteiger partial charge is 0.497 e. The third-order valence-electron chi connectivity index (χ3n) is 4.60. The zero-order chi connectivity index (χ0) is 17.8. The molecule has 0 radical (unpaired) electrons. The Morgan fingerprint density at radius 3 is 2.68 bits per heavy atom. The number of aryl methyl sites for hydroxylation is 1. The Morgan fingerprint density at radius 2 is 2.04 bits per heavy atom. The Bertz CT molecular complexity index is 723. The first kappa shape index (κ1) is 17.4. The Hall–Kier alpha value is -2.41. The smallest absolute Gasteiger partial charge is 0.233 e. The quantitative estimate of drug-likeness (QED) is 0.824. The molecule has 7 nitrogen and oxygen atoms in total. The number of methoxy groups -OCH3 is 1. The molecule has 1 aliphatic rings. The van der Waals surface area contributed by atoms with Gasteiger partial charge in [0, 0.05) is 33.1 Å². The van der Waals surface area contributed by atoms with Crippen LogP contribution in [0.4, 0.5) is 0 Å². The van der Waals surface area contributed by atoms with Crippen LogP contribution in [-0.4, -0.2) is 59.2 Å². The molecule has 0 N–H and O–H groups in total. The number of ether oxygens (including phenoxy) is 1. The van der Waals surface area contributed by atoms with E-state index in [4.69, 9.17) is 9.15 Å². The summed E-state index contributed by atoms with van der Waals surface area (Å²) in [5.41, 5.74) is 0.974. The van der Waals surface area contributed by atoms with Crippen molar-refractivity contribution in [2.45, 2.75) is 26.3 Å². The molecule has 0 spiro atoms. The normalized spacial score (nSPS) is 16.7. The van der Waals surface area contributed by atoms with Gasteiger partial charge in [-0.15, -0.1) is 10.2 Å². The van der Waals surface area contributed by atoms with Crippen LogP contribution < -0.4 is 4.74 Å². The second-order valence-corrected chi connectivity index (χ2v) is 6.28. The van der Waals surface area contributed by atoms with Crippen LogP contribution >= 0.6 is 0 Å². The van der Waals surface area contributed by atoms with Crippen LogP contribution in [0.3, 0.4) is 0 Å². The summed E-state index contributed by atoms with van der Waals surface area (Å²) in [6.07, 6.45) is 0.398. The lowest BCUT2D eigenvalue weighted by atomic mass is 10.1. The van der Waals surface area contributed by atoms with Crippen LogP contribution in [0.1, 0.15) is 30.3 Å². The average Bonchev–Trinajstić information content (AvgIpc) is 3.07. The fourth-order valence-electron chi connectivity index (χ4n) is 3.06. The van der Waals surface area contributed by atoms with Crippen molar-refractivity contribution >= 4 is 5.91 Å². The summed E-state index contributed by atoms with van der Waals surface area (Å²) in [4.78, 5) is 16.7. The first-order valence-electron chi connectivity index (χ1n) is 8.51. The monoisotopic (exact) mass is 344 g/mol. The first-order valence-corrected chi connectivity index (χ1v) is 8.51. The van der Waals surface area contributed by atoms with Gasteiger partial charge in [-0.05, 0) is 24.6 Å². The van der Waals surface area contributed by atoms with E-state index in [-0.39, 0.29) is 11.9 Å². The molecule has 7 heteroatoms. The van der Waals surface area contributed by atoms with E-state index < -0.39 is 0 Å². The van der Waals surface area contributed by atoms with E-state index in [1.165, 1.54) is 0 Å². The summed E-state index contributed by atoms with van der Waals surface area (Å²) in [5, 5.41) is 7.99. The molecule has 1 aromatic carbocycles. The maximum Gasteiger partial charge on any atom is 0.233 e. The van der Waals surface area contributed by atoms with E-state index in [1.807, 2.05) is 29.2 Å². The van der Waals surface area contributed by atoms with Crippen LogP contribution in [0.15, 0.2) is 28.7 Å². The third-order valence-corrected chi connectivity index (χ3v) is 4.60. The molecule has 1 aliphatic heterocycles. The molecule has 2 heterocycles. The number of piperazine rings is 1. The minimum atomic E-state index is 0.0665. The van der Waals surface area contributed by atoms with Gasteiger partial charge in [0.2, 0.25) is 17.7 Å². The van der Waals surface area contributed by atoms with Crippen LogP contribution in [0.5, 0.6) is 5.75 Å². The Kier molecular flexibility index (Phi) is 5.33. The SMILES string of the molecule is COc1cccc(CC(=O)N2CCN([C@H](C)c3nnc(C)o3)CC2)c1. The van der Waals surface area contributed by atoms with Crippen LogP contribution in [0.25, 0.3) is 0 Å². The first-order chi connectivity index (χ1) is 12.1. The molecular weight excluding hydrogens is 320 g/mol. The molecule has 1 aromatic heterocycles. The third kappa shape index (κ3) is 4.17. The average molecular weight is 344 g/mol. The number of carbonyl (C=O) groups is 1. The van der Waals surface area contributed by atoms with Gasteiger partial charge in [0.15, 0.2) is 0 Å².